The fourth-order valence-electron chi connectivity index (χ4n) is 4.19. The van der Waals surface area contributed by atoms with Crippen molar-refractivity contribution in [3.63, 3.8) is 0 Å². The second-order valence-corrected chi connectivity index (χ2v) is 9.05. The van der Waals surface area contributed by atoms with E-state index in [9.17, 15) is 4.79 Å². The summed E-state index contributed by atoms with van der Waals surface area (Å²) in [4.78, 5) is 20.7. The summed E-state index contributed by atoms with van der Waals surface area (Å²) in [6.07, 6.45) is 2.01. The number of hydrogen-bond donors (Lipinski definition) is 2. The molecule has 1 aliphatic rings. The number of amides is 1. The quantitative estimate of drug-likeness (QED) is 0.471. The molecule has 9 heteroatoms. The summed E-state index contributed by atoms with van der Waals surface area (Å²) in [7, 11) is 0. The van der Waals surface area contributed by atoms with Crippen LogP contribution in [0.1, 0.15) is 35.7 Å². The molecule has 1 aliphatic heterocycles. The minimum absolute atomic E-state index is 0.0206. The zero-order valence-corrected chi connectivity index (χ0v) is 18.9. The highest BCUT2D eigenvalue weighted by molar-refractivity contribution is 7.15. The Labute approximate surface area is 190 Å². The van der Waals surface area contributed by atoms with Crippen molar-refractivity contribution in [1.29, 1.82) is 0 Å². The molecular formula is C23H26N6O2S. The first-order chi connectivity index (χ1) is 15.6. The molecule has 8 nitrogen and oxygen atoms in total. The highest BCUT2D eigenvalue weighted by atomic mass is 32.1. The molecule has 5 rings (SSSR count). The van der Waals surface area contributed by atoms with Gasteiger partial charge in [0.05, 0.1) is 23.6 Å². The first-order valence-electron chi connectivity index (χ1n) is 10.8. The average molecular weight is 451 g/mol. The van der Waals surface area contributed by atoms with Gasteiger partial charge in [-0.1, -0.05) is 30.3 Å². The van der Waals surface area contributed by atoms with Crippen LogP contribution in [-0.4, -0.2) is 55.7 Å². The fraction of sp³-hybridized carbons (Fsp3) is 0.348. The number of ether oxygens (including phenoxy) is 1. The van der Waals surface area contributed by atoms with Crippen LogP contribution < -0.4 is 5.32 Å². The van der Waals surface area contributed by atoms with Gasteiger partial charge in [-0.05, 0) is 19.9 Å². The predicted octanol–water partition coefficient (Wildman–Crippen LogP) is 3.33. The topological polar surface area (TPSA) is 87.5 Å². The lowest BCUT2D eigenvalue weighted by molar-refractivity contribution is -0.0587. The highest BCUT2D eigenvalue weighted by Gasteiger charge is 2.30. The number of benzene rings is 1. The SMILES string of the molecule is C[C@@H]1CN(C(=O)c2nc3sccn3c2CNCc2cc(-c3ccccc3)n[nH]2)C[C@H](C)O1. The number of H-pyrrole nitrogens is 1. The number of hydrogen-bond acceptors (Lipinski definition) is 6. The number of nitrogens with one attached hydrogen (secondary N) is 2. The Morgan fingerprint density at radius 3 is 2.78 bits per heavy atom. The maximum absolute atomic E-state index is 13.3. The summed E-state index contributed by atoms with van der Waals surface area (Å²) in [5.41, 5.74) is 4.37. The monoisotopic (exact) mass is 450 g/mol. The standard InChI is InChI=1S/C23H26N6O2S/c1-15-13-28(14-16(2)31-15)22(30)21-20(29-8-9-32-23(29)25-21)12-24-11-18-10-19(27-26-18)17-6-4-3-5-7-17/h3-10,15-16,24H,11-14H2,1-2H3,(H,26,27)/t15-,16+. The van der Waals surface area contributed by atoms with Crippen molar-refractivity contribution < 1.29 is 9.53 Å². The highest BCUT2D eigenvalue weighted by Crippen LogP contribution is 2.22. The number of aromatic nitrogens is 4. The van der Waals surface area contributed by atoms with Gasteiger partial charge in [0.25, 0.3) is 5.91 Å². The third kappa shape index (κ3) is 4.19. The Morgan fingerprint density at radius 2 is 2.00 bits per heavy atom. The molecule has 0 bridgehead atoms. The van der Waals surface area contributed by atoms with E-state index in [4.69, 9.17) is 4.74 Å². The van der Waals surface area contributed by atoms with Crippen molar-refractivity contribution >= 4 is 22.2 Å². The fourth-order valence-corrected chi connectivity index (χ4v) is 4.92. The largest absolute Gasteiger partial charge is 0.372 e. The van der Waals surface area contributed by atoms with Crippen molar-refractivity contribution in [3.05, 3.63) is 65.1 Å². The number of aromatic amines is 1. The number of carbonyl (C=O) groups excluding carboxylic acids is 1. The molecule has 1 aromatic carbocycles. The summed E-state index contributed by atoms with van der Waals surface area (Å²) < 4.78 is 7.79. The van der Waals surface area contributed by atoms with Gasteiger partial charge in [-0.15, -0.1) is 11.3 Å². The van der Waals surface area contributed by atoms with Gasteiger partial charge < -0.3 is 15.0 Å². The molecule has 166 valence electrons. The maximum atomic E-state index is 13.3. The molecule has 0 spiro atoms. The Balaban J connectivity index is 1.31. The van der Waals surface area contributed by atoms with E-state index in [-0.39, 0.29) is 18.1 Å². The van der Waals surface area contributed by atoms with Crippen LogP contribution in [0.2, 0.25) is 0 Å². The number of carbonyl (C=O) groups is 1. The smallest absolute Gasteiger partial charge is 0.274 e. The normalized spacial score (nSPS) is 19.0. The first-order valence-corrected chi connectivity index (χ1v) is 11.7. The summed E-state index contributed by atoms with van der Waals surface area (Å²) in [5.74, 6) is -0.0346. The van der Waals surface area contributed by atoms with Gasteiger partial charge in [0, 0.05) is 49.0 Å². The molecule has 0 unspecified atom stereocenters. The minimum Gasteiger partial charge on any atom is -0.372 e. The Kier molecular flexibility index (Phi) is 5.77. The van der Waals surface area contributed by atoms with E-state index in [1.54, 1.807) is 0 Å². The van der Waals surface area contributed by atoms with E-state index < -0.39 is 0 Å². The van der Waals surface area contributed by atoms with E-state index in [1.807, 2.05) is 71.1 Å². The van der Waals surface area contributed by atoms with E-state index >= 15 is 0 Å². The van der Waals surface area contributed by atoms with Crippen LogP contribution in [0, 0.1) is 0 Å². The summed E-state index contributed by atoms with van der Waals surface area (Å²) in [6.45, 7) is 6.29. The molecule has 4 heterocycles. The summed E-state index contributed by atoms with van der Waals surface area (Å²) >= 11 is 1.53. The van der Waals surface area contributed by atoms with Gasteiger partial charge in [0.1, 0.15) is 0 Å². The van der Waals surface area contributed by atoms with Crippen LogP contribution >= 0.6 is 11.3 Å². The minimum atomic E-state index is -0.0346. The number of rotatable bonds is 6. The zero-order chi connectivity index (χ0) is 22.1. The molecule has 0 saturated carbocycles. The average Bonchev–Trinajstić information content (AvgIpc) is 3.50. The number of morpholine rings is 1. The van der Waals surface area contributed by atoms with Crippen molar-refractivity contribution in [1.82, 2.24) is 29.8 Å². The lowest BCUT2D eigenvalue weighted by Gasteiger charge is -2.35. The van der Waals surface area contributed by atoms with Crippen LogP contribution in [0.15, 0.2) is 48.0 Å². The van der Waals surface area contributed by atoms with Gasteiger partial charge >= 0.3 is 0 Å². The van der Waals surface area contributed by atoms with Gasteiger partial charge in [0.2, 0.25) is 0 Å². The molecule has 2 N–H and O–H groups in total. The van der Waals surface area contributed by atoms with E-state index in [0.717, 1.165) is 27.6 Å². The van der Waals surface area contributed by atoms with Crippen LogP contribution in [-0.2, 0) is 17.8 Å². The van der Waals surface area contributed by atoms with Crippen molar-refractivity contribution in [2.45, 2.75) is 39.1 Å². The first kappa shape index (κ1) is 20.9. The van der Waals surface area contributed by atoms with Crippen molar-refractivity contribution in [3.8, 4) is 11.3 Å². The Bertz CT molecular complexity index is 1200. The zero-order valence-electron chi connectivity index (χ0n) is 18.1. The molecular weight excluding hydrogens is 424 g/mol. The van der Waals surface area contributed by atoms with Crippen molar-refractivity contribution in [2.75, 3.05) is 13.1 Å². The summed E-state index contributed by atoms with van der Waals surface area (Å²) in [6, 6.07) is 12.1. The maximum Gasteiger partial charge on any atom is 0.274 e. The molecule has 1 fully saturated rings. The molecule has 0 radical (unpaired) electrons. The van der Waals surface area contributed by atoms with Gasteiger partial charge in [-0.3, -0.25) is 14.3 Å². The molecule has 1 amide bonds. The Hall–Kier alpha value is -3.01. The van der Waals surface area contributed by atoms with E-state index in [0.29, 0.717) is 31.9 Å². The molecule has 32 heavy (non-hydrogen) atoms. The van der Waals surface area contributed by atoms with E-state index in [2.05, 4.69) is 20.5 Å². The van der Waals surface area contributed by atoms with Gasteiger partial charge in [-0.2, -0.15) is 5.10 Å². The van der Waals surface area contributed by atoms with Crippen LogP contribution in [0.25, 0.3) is 16.2 Å². The third-order valence-electron chi connectivity index (χ3n) is 5.58. The van der Waals surface area contributed by atoms with Crippen molar-refractivity contribution in [2.24, 2.45) is 0 Å². The lowest BCUT2D eigenvalue weighted by atomic mass is 10.1. The number of thiazole rings is 1. The van der Waals surface area contributed by atoms with E-state index in [1.165, 1.54) is 11.3 Å². The predicted molar refractivity (Wildman–Crippen MR) is 124 cm³/mol. The number of imidazole rings is 1. The molecule has 2 atom stereocenters. The van der Waals surface area contributed by atoms with Gasteiger partial charge in [0.15, 0.2) is 10.7 Å². The number of nitrogens with zero attached hydrogens (tertiary/aromatic N) is 4. The molecule has 3 aromatic heterocycles. The molecule has 1 saturated heterocycles. The number of fused-ring (bicyclic) bond motifs is 1. The second kappa shape index (κ2) is 8.85. The Morgan fingerprint density at radius 1 is 1.22 bits per heavy atom. The van der Waals surface area contributed by atoms with Crippen LogP contribution in [0.3, 0.4) is 0 Å². The molecule has 4 aromatic rings. The second-order valence-electron chi connectivity index (χ2n) is 8.18. The lowest BCUT2D eigenvalue weighted by Crippen LogP contribution is -2.48. The van der Waals surface area contributed by atoms with Crippen LogP contribution in [0.4, 0.5) is 0 Å². The van der Waals surface area contributed by atoms with Crippen LogP contribution in [0.5, 0.6) is 0 Å². The summed E-state index contributed by atoms with van der Waals surface area (Å²) in [5, 5.41) is 12.9. The van der Waals surface area contributed by atoms with Gasteiger partial charge in [-0.25, -0.2) is 4.98 Å². The third-order valence-corrected chi connectivity index (χ3v) is 6.34. The molecule has 0 aliphatic carbocycles.